The largest absolute Gasteiger partial charge is 0.480 e. The maximum atomic E-state index is 11.6. The van der Waals surface area contributed by atoms with Gasteiger partial charge < -0.3 is 15.7 Å². The van der Waals surface area contributed by atoms with Gasteiger partial charge in [0.25, 0.3) is 5.69 Å². The van der Waals surface area contributed by atoms with Gasteiger partial charge in [0.1, 0.15) is 6.04 Å². The van der Waals surface area contributed by atoms with Crippen molar-refractivity contribution in [2.24, 2.45) is 0 Å². The van der Waals surface area contributed by atoms with Crippen LogP contribution >= 0.6 is 0 Å². The zero-order chi connectivity index (χ0) is 15.1. The van der Waals surface area contributed by atoms with E-state index in [9.17, 15) is 19.7 Å². The molecule has 0 saturated carbocycles. The highest BCUT2D eigenvalue weighted by atomic mass is 16.6. The summed E-state index contributed by atoms with van der Waals surface area (Å²) in [5.41, 5.74) is 0.0168. The Labute approximate surface area is 114 Å². The molecule has 1 rings (SSSR count). The van der Waals surface area contributed by atoms with Crippen molar-refractivity contribution in [3.63, 3.8) is 0 Å². The molecule has 0 aliphatic heterocycles. The maximum absolute atomic E-state index is 11.6. The average Bonchev–Trinajstić information content (AvgIpc) is 2.38. The molecule has 20 heavy (non-hydrogen) atoms. The molecule has 0 radical (unpaired) electrons. The minimum absolute atomic E-state index is 0.0672. The molecular formula is C12H13N3O5. The van der Waals surface area contributed by atoms with Crippen molar-refractivity contribution < 1.29 is 19.6 Å². The van der Waals surface area contributed by atoms with Gasteiger partial charge in [-0.25, -0.2) is 9.59 Å². The fraction of sp³-hybridized carbons (Fsp3) is 0.167. The summed E-state index contributed by atoms with van der Waals surface area (Å²) in [6.45, 7) is 3.40. The third-order valence-electron chi connectivity index (χ3n) is 2.32. The number of non-ortho nitro benzene ring substituents is 1. The Morgan fingerprint density at radius 1 is 1.50 bits per heavy atom. The molecule has 0 heterocycles. The van der Waals surface area contributed by atoms with Crippen LogP contribution in [0.2, 0.25) is 0 Å². The van der Waals surface area contributed by atoms with Gasteiger partial charge in [-0.3, -0.25) is 10.1 Å². The molecular weight excluding hydrogens is 266 g/mol. The molecule has 0 aliphatic carbocycles. The number of nitrogens with zero attached hydrogens (tertiary/aromatic N) is 1. The first-order valence-corrected chi connectivity index (χ1v) is 5.59. The van der Waals surface area contributed by atoms with E-state index in [4.69, 9.17) is 5.11 Å². The third-order valence-corrected chi connectivity index (χ3v) is 2.32. The van der Waals surface area contributed by atoms with E-state index in [1.165, 1.54) is 30.3 Å². The van der Waals surface area contributed by atoms with Gasteiger partial charge in [0, 0.05) is 17.8 Å². The van der Waals surface area contributed by atoms with Gasteiger partial charge in [-0.05, 0) is 12.5 Å². The number of nitro benzene ring substituents is 1. The summed E-state index contributed by atoms with van der Waals surface area (Å²) in [5, 5.41) is 24.0. The van der Waals surface area contributed by atoms with Gasteiger partial charge in [-0.2, -0.15) is 0 Å². The van der Waals surface area contributed by atoms with E-state index in [0.29, 0.717) is 0 Å². The number of anilines is 1. The highest BCUT2D eigenvalue weighted by molar-refractivity contribution is 5.92. The van der Waals surface area contributed by atoms with Crippen LogP contribution in [-0.2, 0) is 4.79 Å². The summed E-state index contributed by atoms with van der Waals surface area (Å²) in [4.78, 5) is 32.4. The second-order valence-electron chi connectivity index (χ2n) is 3.82. The number of benzene rings is 1. The molecule has 0 spiro atoms. The lowest BCUT2D eigenvalue weighted by atomic mass is 10.2. The van der Waals surface area contributed by atoms with Crippen molar-refractivity contribution >= 4 is 23.4 Å². The number of rotatable bonds is 6. The SMILES string of the molecule is C=CCC(NC(=O)Nc1cccc([N+](=O)[O-])c1)C(=O)O. The van der Waals surface area contributed by atoms with E-state index in [0.717, 1.165) is 0 Å². The molecule has 0 fully saturated rings. The second-order valence-corrected chi connectivity index (χ2v) is 3.82. The van der Waals surface area contributed by atoms with Crippen LogP contribution in [0.3, 0.4) is 0 Å². The predicted molar refractivity (Wildman–Crippen MR) is 71.5 cm³/mol. The number of hydrogen-bond donors (Lipinski definition) is 3. The van der Waals surface area contributed by atoms with Gasteiger partial charge >= 0.3 is 12.0 Å². The van der Waals surface area contributed by atoms with Crippen LogP contribution in [0.5, 0.6) is 0 Å². The van der Waals surface area contributed by atoms with Crippen molar-refractivity contribution in [2.75, 3.05) is 5.32 Å². The van der Waals surface area contributed by atoms with Crippen LogP contribution in [-0.4, -0.2) is 28.1 Å². The standard InChI is InChI=1S/C12H13N3O5/c1-2-4-10(11(16)17)14-12(18)13-8-5-3-6-9(7-8)15(19)20/h2-3,5-7,10H,1,4H2,(H,16,17)(H2,13,14,18). The number of nitro groups is 1. The summed E-state index contributed by atoms with van der Waals surface area (Å²) < 4.78 is 0. The van der Waals surface area contributed by atoms with Gasteiger partial charge in [-0.1, -0.05) is 12.1 Å². The monoisotopic (exact) mass is 279 g/mol. The Bertz CT molecular complexity index is 544. The molecule has 3 N–H and O–H groups in total. The fourth-order valence-electron chi connectivity index (χ4n) is 1.41. The zero-order valence-electron chi connectivity index (χ0n) is 10.4. The first-order valence-electron chi connectivity index (χ1n) is 5.59. The minimum Gasteiger partial charge on any atom is -0.480 e. The van der Waals surface area contributed by atoms with Crippen LogP contribution in [0.25, 0.3) is 0 Å². The Morgan fingerprint density at radius 2 is 2.20 bits per heavy atom. The quantitative estimate of drug-likeness (QED) is 0.416. The topological polar surface area (TPSA) is 122 Å². The molecule has 0 aromatic heterocycles. The molecule has 1 atom stereocenters. The first kappa shape index (κ1) is 15.2. The maximum Gasteiger partial charge on any atom is 0.326 e. The average molecular weight is 279 g/mol. The lowest BCUT2D eigenvalue weighted by molar-refractivity contribution is -0.384. The summed E-state index contributed by atoms with van der Waals surface area (Å²) in [6.07, 6.45) is 1.43. The molecule has 106 valence electrons. The number of nitrogens with one attached hydrogen (secondary N) is 2. The number of urea groups is 1. The van der Waals surface area contributed by atoms with E-state index < -0.39 is 23.0 Å². The van der Waals surface area contributed by atoms with Crippen molar-refractivity contribution in [1.29, 1.82) is 0 Å². The highest BCUT2D eigenvalue weighted by Crippen LogP contribution is 2.16. The van der Waals surface area contributed by atoms with Crippen LogP contribution < -0.4 is 10.6 Å². The van der Waals surface area contributed by atoms with Gasteiger partial charge in [-0.15, -0.1) is 6.58 Å². The van der Waals surface area contributed by atoms with Crippen molar-refractivity contribution in [2.45, 2.75) is 12.5 Å². The number of carbonyl (C=O) groups is 2. The van der Waals surface area contributed by atoms with Gasteiger partial charge in [0.15, 0.2) is 0 Å². The number of amides is 2. The molecule has 1 aromatic carbocycles. The molecule has 0 aliphatic rings. The van der Waals surface area contributed by atoms with Crippen LogP contribution in [0.4, 0.5) is 16.2 Å². The molecule has 0 bridgehead atoms. The van der Waals surface area contributed by atoms with Crippen molar-refractivity contribution in [3.8, 4) is 0 Å². The number of hydrogen-bond acceptors (Lipinski definition) is 4. The minimum atomic E-state index is -1.20. The van der Waals surface area contributed by atoms with E-state index >= 15 is 0 Å². The van der Waals surface area contributed by atoms with Crippen LogP contribution in [0, 0.1) is 10.1 Å². The van der Waals surface area contributed by atoms with Crippen molar-refractivity contribution in [3.05, 3.63) is 47.0 Å². The Morgan fingerprint density at radius 3 is 2.75 bits per heavy atom. The molecule has 8 heteroatoms. The summed E-state index contributed by atoms with van der Waals surface area (Å²) >= 11 is 0. The predicted octanol–water partition coefficient (Wildman–Crippen LogP) is 1.75. The molecule has 1 unspecified atom stereocenters. The first-order chi connectivity index (χ1) is 9.43. The Hall–Kier alpha value is -2.90. The Kier molecular flexibility index (Phi) is 5.21. The Balaban J connectivity index is 2.70. The highest BCUT2D eigenvalue weighted by Gasteiger charge is 2.18. The zero-order valence-corrected chi connectivity index (χ0v) is 10.4. The summed E-state index contributed by atoms with van der Waals surface area (Å²) in [5.74, 6) is -1.20. The van der Waals surface area contributed by atoms with E-state index in [1.807, 2.05) is 0 Å². The van der Waals surface area contributed by atoms with Gasteiger partial charge in [0.05, 0.1) is 4.92 Å². The second kappa shape index (κ2) is 6.88. The molecule has 2 amide bonds. The van der Waals surface area contributed by atoms with E-state index in [-0.39, 0.29) is 17.8 Å². The number of carboxylic acid groups (broad SMARTS) is 1. The van der Waals surface area contributed by atoms with E-state index in [2.05, 4.69) is 17.2 Å². The lowest BCUT2D eigenvalue weighted by Crippen LogP contribution is -2.42. The number of carbonyl (C=O) groups excluding carboxylic acids is 1. The summed E-state index contributed by atoms with van der Waals surface area (Å²) in [7, 11) is 0. The van der Waals surface area contributed by atoms with E-state index in [1.54, 1.807) is 0 Å². The molecule has 8 nitrogen and oxygen atoms in total. The molecule has 1 aromatic rings. The van der Waals surface area contributed by atoms with Gasteiger partial charge in [0.2, 0.25) is 0 Å². The fourth-order valence-corrected chi connectivity index (χ4v) is 1.41. The lowest BCUT2D eigenvalue weighted by Gasteiger charge is -2.13. The normalized spacial score (nSPS) is 11.2. The van der Waals surface area contributed by atoms with Crippen LogP contribution in [0.15, 0.2) is 36.9 Å². The summed E-state index contributed by atoms with van der Waals surface area (Å²) in [6, 6.07) is 3.44. The number of carboxylic acids is 1. The number of aliphatic carboxylic acids is 1. The third kappa shape index (κ3) is 4.41. The van der Waals surface area contributed by atoms with Crippen LogP contribution in [0.1, 0.15) is 6.42 Å². The van der Waals surface area contributed by atoms with Crippen molar-refractivity contribution in [1.82, 2.24) is 5.32 Å². The molecule has 0 saturated heterocycles. The smallest absolute Gasteiger partial charge is 0.326 e.